The van der Waals surface area contributed by atoms with Gasteiger partial charge in [-0.05, 0) is 86.5 Å². The molecule has 4 aromatic rings. The van der Waals surface area contributed by atoms with E-state index in [1.54, 1.807) is 62.6 Å². The smallest absolute Gasteiger partial charge is 0.264 e. The van der Waals surface area contributed by atoms with Crippen LogP contribution in [0.1, 0.15) is 31.4 Å². The van der Waals surface area contributed by atoms with Crippen LogP contribution in [0.4, 0.5) is 5.69 Å². The summed E-state index contributed by atoms with van der Waals surface area (Å²) in [6, 6.07) is 28.6. The largest absolute Gasteiger partial charge is 0.497 e. The SMILES string of the molecule is CCNC(=O)C(CC)N(Cc1ccc(OC)cc1)C(=O)CN(c1ccc(Oc2ccccc2)cc1)S(=O)(=O)c1ccc(C)cc1. The van der Waals surface area contributed by atoms with Gasteiger partial charge >= 0.3 is 0 Å². The number of anilines is 1. The molecule has 0 aliphatic carbocycles. The Morgan fingerprint density at radius 1 is 0.800 bits per heavy atom. The number of para-hydroxylation sites is 1. The van der Waals surface area contributed by atoms with Crippen molar-refractivity contribution in [3.05, 3.63) is 114 Å². The van der Waals surface area contributed by atoms with Gasteiger partial charge < -0.3 is 19.7 Å². The van der Waals surface area contributed by atoms with Crippen molar-refractivity contribution in [2.24, 2.45) is 0 Å². The fourth-order valence-electron chi connectivity index (χ4n) is 4.81. The molecule has 0 aromatic heterocycles. The van der Waals surface area contributed by atoms with Gasteiger partial charge in [0.05, 0.1) is 17.7 Å². The fourth-order valence-corrected chi connectivity index (χ4v) is 6.22. The Morgan fingerprint density at radius 2 is 1.40 bits per heavy atom. The number of amides is 2. The van der Waals surface area contributed by atoms with Gasteiger partial charge in [0.15, 0.2) is 0 Å². The van der Waals surface area contributed by atoms with Crippen LogP contribution in [-0.2, 0) is 26.2 Å². The molecule has 0 saturated heterocycles. The Morgan fingerprint density at radius 3 is 1.98 bits per heavy atom. The second-order valence-corrected chi connectivity index (χ2v) is 12.3. The Kier molecular flexibility index (Phi) is 11.2. The molecule has 0 fully saturated rings. The van der Waals surface area contributed by atoms with Crippen molar-refractivity contribution >= 4 is 27.5 Å². The normalized spacial score (nSPS) is 11.7. The van der Waals surface area contributed by atoms with Gasteiger partial charge in [0, 0.05) is 13.1 Å². The molecule has 9 nitrogen and oxygen atoms in total. The predicted molar refractivity (Wildman–Crippen MR) is 175 cm³/mol. The van der Waals surface area contributed by atoms with Crippen molar-refractivity contribution in [1.29, 1.82) is 0 Å². The van der Waals surface area contributed by atoms with Crippen LogP contribution >= 0.6 is 0 Å². The molecule has 10 heteroatoms. The number of sulfonamides is 1. The number of likely N-dealkylation sites (N-methyl/N-ethyl adjacent to an activating group) is 1. The Bertz CT molecular complexity index is 1660. The number of nitrogens with zero attached hydrogens (tertiary/aromatic N) is 2. The molecule has 4 rings (SSSR count). The first-order valence-corrected chi connectivity index (χ1v) is 16.2. The molecule has 0 spiro atoms. The van der Waals surface area contributed by atoms with E-state index in [2.05, 4.69) is 5.32 Å². The van der Waals surface area contributed by atoms with E-state index in [-0.39, 0.29) is 23.0 Å². The number of aryl methyl sites for hydroxylation is 1. The van der Waals surface area contributed by atoms with Gasteiger partial charge in [0.2, 0.25) is 11.8 Å². The number of carbonyl (C=O) groups is 2. The van der Waals surface area contributed by atoms with E-state index >= 15 is 0 Å². The zero-order valence-electron chi connectivity index (χ0n) is 26.0. The quantitative estimate of drug-likeness (QED) is 0.185. The van der Waals surface area contributed by atoms with Crippen molar-refractivity contribution < 1.29 is 27.5 Å². The Labute approximate surface area is 265 Å². The van der Waals surface area contributed by atoms with Crippen LogP contribution in [0, 0.1) is 6.92 Å². The highest BCUT2D eigenvalue weighted by molar-refractivity contribution is 7.92. The van der Waals surface area contributed by atoms with E-state index in [9.17, 15) is 18.0 Å². The second kappa shape index (κ2) is 15.3. The molecule has 2 amide bonds. The van der Waals surface area contributed by atoms with Gasteiger partial charge in [-0.2, -0.15) is 0 Å². The lowest BCUT2D eigenvalue weighted by atomic mass is 10.1. The third-order valence-corrected chi connectivity index (χ3v) is 9.03. The first-order chi connectivity index (χ1) is 21.7. The molecule has 0 aliphatic rings. The number of carbonyl (C=O) groups excluding carboxylic acids is 2. The highest BCUT2D eigenvalue weighted by Crippen LogP contribution is 2.29. The molecule has 4 aromatic carbocycles. The number of methoxy groups -OCH3 is 1. The topological polar surface area (TPSA) is 105 Å². The summed E-state index contributed by atoms with van der Waals surface area (Å²) >= 11 is 0. The number of hydrogen-bond donors (Lipinski definition) is 1. The minimum atomic E-state index is -4.19. The van der Waals surface area contributed by atoms with Crippen LogP contribution in [0.2, 0.25) is 0 Å². The van der Waals surface area contributed by atoms with E-state index in [0.717, 1.165) is 15.4 Å². The summed E-state index contributed by atoms with van der Waals surface area (Å²) in [5.41, 5.74) is 1.94. The molecular formula is C35H39N3O6S. The average molecular weight is 630 g/mol. The van der Waals surface area contributed by atoms with Crippen LogP contribution in [0.3, 0.4) is 0 Å². The third-order valence-electron chi connectivity index (χ3n) is 7.24. The first-order valence-electron chi connectivity index (χ1n) is 14.8. The van der Waals surface area contributed by atoms with Crippen LogP contribution in [0.25, 0.3) is 0 Å². The van der Waals surface area contributed by atoms with E-state index < -0.39 is 28.5 Å². The van der Waals surface area contributed by atoms with Crippen molar-refractivity contribution in [1.82, 2.24) is 10.2 Å². The molecule has 0 aliphatic heterocycles. The molecule has 1 N–H and O–H groups in total. The van der Waals surface area contributed by atoms with E-state index in [0.29, 0.717) is 30.2 Å². The number of ether oxygens (including phenoxy) is 2. The van der Waals surface area contributed by atoms with Crippen molar-refractivity contribution in [3.63, 3.8) is 0 Å². The highest BCUT2D eigenvalue weighted by atomic mass is 32.2. The lowest BCUT2D eigenvalue weighted by molar-refractivity contribution is -0.140. The highest BCUT2D eigenvalue weighted by Gasteiger charge is 2.33. The molecule has 0 heterocycles. The molecule has 0 saturated carbocycles. The van der Waals surface area contributed by atoms with Crippen LogP contribution in [0.15, 0.2) is 108 Å². The number of benzene rings is 4. The van der Waals surface area contributed by atoms with Crippen molar-refractivity contribution in [3.8, 4) is 17.2 Å². The minimum absolute atomic E-state index is 0.0444. The van der Waals surface area contributed by atoms with Crippen molar-refractivity contribution in [2.45, 2.75) is 44.7 Å². The average Bonchev–Trinajstić information content (AvgIpc) is 3.05. The molecule has 1 atom stereocenters. The van der Waals surface area contributed by atoms with Crippen LogP contribution < -0.4 is 19.1 Å². The zero-order chi connectivity index (χ0) is 32.4. The van der Waals surface area contributed by atoms with Gasteiger partial charge in [0.25, 0.3) is 10.0 Å². The third kappa shape index (κ3) is 8.42. The summed E-state index contributed by atoms with van der Waals surface area (Å²) in [7, 11) is -2.62. The van der Waals surface area contributed by atoms with Crippen LogP contribution in [-0.4, -0.2) is 51.4 Å². The van der Waals surface area contributed by atoms with E-state index in [4.69, 9.17) is 9.47 Å². The minimum Gasteiger partial charge on any atom is -0.497 e. The van der Waals surface area contributed by atoms with E-state index in [1.807, 2.05) is 56.3 Å². The molecule has 0 radical (unpaired) electrons. The molecule has 1 unspecified atom stereocenters. The van der Waals surface area contributed by atoms with Gasteiger partial charge in [0.1, 0.15) is 29.8 Å². The summed E-state index contributed by atoms with van der Waals surface area (Å²) in [4.78, 5) is 28.8. The Hall–Kier alpha value is -4.83. The van der Waals surface area contributed by atoms with Gasteiger partial charge in [-0.3, -0.25) is 13.9 Å². The zero-order valence-corrected chi connectivity index (χ0v) is 26.8. The monoisotopic (exact) mass is 629 g/mol. The number of hydrogen-bond acceptors (Lipinski definition) is 6. The van der Waals surface area contributed by atoms with Crippen LogP contribution in [0.5, 0.6) is 17.2 Å². The maximum atomic E-state index is 14.2. The summed E-state index contributed by atoms with van der Waals surface area (Å²) in [6.07, 6.45) is 0.337. The summed E-state index contributed by atoms with van der Waals surface area (Å²) < 4.78 is 40.5. The maximum absolute atomic E-state index is 14.2. The number of rotatable bonds is 14. The molecule has 0 bridgehead atoms. The predicted octanol–water partition coefficient (Wildman–Crippen LogP) is 5.93. The summed E-state index contributed by atoms with van der Waals surface area (Å²) in [5, 5.41) is 2.81. The lowest BCUT2D eigenvalue weighted by Gasteiger charge is -2.33. The summed E-state index contributed by atoms with van der Waals surface area (Å²) in [5.74, 6) is 0.964. The van der Waals surface area contributed by atoms with Crippen molar-refractivity contribution in [2.75, 3.05) is 24.5 Å². The molecule has 236 valence electrons. The van der Waals surface area contributed by atoms with Gasteiger partial charge in [-0.15, -0.1) is 0 Å². The lowest BCUT2D eigenvalue weighted by Crippen LogP contribution is -2.52. The molecule has 45 heavy (non-hydrogen) atoms. The van der Waals surface area contributed by atoms with Gasteiger partial charge in [-0.25, -0.2) is 8.42 Å². The Balaban J connectivity index is 1.72. The summed E-state index contributed by atoms with van der Waals surface area (Å²) in [6.45, 7) is 5.46. The first kappa shape index (κ1) is 33.1. The van der Waals surface area contributed by atoms with E-state index in [1.165, 1.54) is 17.0 Å². The maximum Gasteiger partial charge on any atom is 0.264 e. The standard InChI is InChI=1S/C35H39N3O6S/c1-5-33(35(40)36-6-2)37(24-27-14-18-29(43-4)19-15-27)34(39)25-38(45(41,42)32-22-12-26(3)13-23-32)28-16-20-31(21-17-28)44-30-10-8-7-9-11-30/h7-23,33H,5-6,24-25H2,1-4H3,(H,36,40). The second-order valence-electron chi connectivity index (χ2n) is 10.4. The molecular weight excluding hydrogens is 590 g/mol. The fraction of sp³-hybridized carbons (Fsp3) is 0.257. The number of nitrogens with one attached hydrogen (secondary N) is 1. The van der Waals surface area contributed by atoms with Gasteiger partial charge in [-0.1, -0.05) is 55.0 Å².